The van der Waals surface area contributed by atoms with Gasteiger partial charge in [0.05, 0.1) is 18.2 Å². The molecule has 122 valence electrons. The molecule has 1 rings (SSSR count). The lowest BCUT2D eigenvalue weighted by Crippen LogP contribution is -2.42. The monoisotopic (exact) mass is 317 g/mol. The Balaban J connectivity index is 2.60. The molecule has 0 bridgehead atoms. The van der Waals surface area contributed by atoms with E-state index >= 15 is 0 Å². The minimum atomic E-state index is -4.43. The lowest BCUT2D eigenvalue weighted by atomic mass is 10.1. The van der Waals surface area contributed by atoms with Crippen molar-refractivity contribution in [2.24, 2.45) is 0 Å². The van der Waals surface area contributed by atoms with Crippen LogP contribution in [0.2, 0.25) is 0 Å². The highest BCUT2D eigenvalue weighted by molar-refractivity contribution is 5.83. The van der Waals surface area contributed by atoms with E-state index < -0.39 is 23.8 Å². The second-order valence-electron chi connectivity index (χ2n) is 4.63. The molecule has 8 heteroatoms. The van der Waals surface area contributed by atoms with Crippen LogP contribution in [0.1, 0.15) is 31.0 Å². The van der Waals surface area contributed by atoms with Crippen LogP contribution in [-0.4, -0.2) is 25.0 Å². The zero-order valence-corrected chi connectivity index (χ0v) is 12.3. The largest absolute Gasteiger partial charge is 0.416 e. The predicted octanol–water partition coefficient (Wildman–Crippen LogP) is 2.20. The molecule has 1 aromatic carbocycles. The van der Waals surface area contributed by atoms with Crippen molar-refractivity contribution in [1.82, 2.24) is 16.0 Å². The molecule has 0 radical (unpaired) electrons. The molecule has 1 aromatic rings. The lowest BCUT2D eigenvalue weighted by molar-refractivity contribution is -0.137. The second-order valence-corrected chi connectivity index (χ2v) is 4.63. The number of alkyl halides is 3. The number of rotatable bonds is 5. The number of carbonyl (C=O) groups excluding carboxylic acids is 2. The summed E-state index contributed by atoms with van der Waals surface area (Å²) in [5.74, 6) is -0.343. The van der Waals surface area contributed by atoms with Gasteiger partial charge in [0.25, 0.3) is 0 Å². The average Bonchev–Trinajstić information content (AvgIpc) is 2.44. The molecule has 1 atom stereocenters. The molecule has 3 N–H and O–H groups in total. The summed E-state index contributed by atoms with van der Waals surface area (Å²) in [7, 11) is 0. The molecule has 0 spiro atoms. The zero-order chi connectivity index (χ0) is 16.8. The Labute approximate surface area is 126 Å². The van der Waals surface area contributed by atoms with Gasteiger partial charge in [0.1, 0.15) is 0 Å². The summed E-state index contributed by atoms with van der Waals surface area (Å²) in [5.41, 5.74) is -0.454. The lowest BCUT2D eigenvalue weighted by Gasteiger charge is -2.16. The molecule has 1 unspecified atom stereocenters. The van der Waals surface area contributed by atoms with Crippen LogP contribution in [0, 0.1) is 0 Å². The Bertz CT molecular complexity index is 532. The van der Waals surface area contributed by atoms with Crippen LogP contribution >= 0.6 is 0 Å². The molecule has 0 saturated carbocycles. The van der Waals surface area contributed by atoms with Crippen molar-refractivity contribution >= 4 is 11.9 Å². The third kappa shape index (κ3) is 5.63. The van der Waals surface area contributed by atoms with Crippen molar-refractivity contribution in [2.75, 3.05) is 13.1 Å². The fourth-order valence-corrected chi connectivity index (χ4v) is 1.74. The number of amides is 3. The second kappa shape index (κ2) is 7.67. The Morgan fingerprint density at radius 2 is 1.91 bits per heavy atom. The number of benzene rings is 1. The summed E-state index contributed by atoms with van der Waals surface area (Å²) in [4.78, 5) is 22.8. The first-order valence-electron chi connectivity index (χ1n) is 6.72. The van der Waals surface area contributed by atoms with Crippen molar-refractivity contribution in [3.63, 3.8) is 0 Å². The molecule has 0 heterocycles. The Kier molecular flexibility index (Phi) is 6.21. The minimum absolute atomic E-state index is 0.199. The van der Waals surface area contributed by atoms with E-state index in [0.29, 0.717) is 12.1 Å². The van der Waals surface area contributed by atoms with E-state index in [1.165, 1.54) is 12.1 Å². The maximum Gasteiger partial charge on any atom is 0.416 e. The maximum absolute atomic E-state index is 12.6. The highest BCUT2D eigenvalue weighted by Gasteiger charge is 2.30. The number of hydrogen-bond donors (Lipinski definition) is 3. The Morgan fingerprint density at radius 3 is 2.50 bits per heavy atom. The van der Waals surface area contributed by atoms with Gasteiger partial charge in [0.2, 0.25) is 5.91 Å². The van der Waals surface area contributed by atoms with E-state index in [0.717, 1.165) is 12.1 Å². The van der Waals surface area contributed by atoms with Crippen LogP contribution in [0.15, 0.2) is 24.3 Å². The Morgan fingerprint density at radius 1 is 1.23 bits per heavy atom. The molecule has 0 fully saturated rings. The predicted molar refractivity (Wildman–Crippen MR) is 75.1 cm³/mol. The number of carbonyl (C=O) groups is 2. The highest BCUT2D eigenvalue weighted by Crippen LogP contribution is 2.30. The van der Waals surface area contributed by atoms with Gasteiger partial charge in [-0.3, -0.25) is 4.79 Å². The Hall–Kier alpha value is -2.25. The number of halogens is 3. The van der Waals surface area contributed by atoms with E-state index in [9.17, 15) is 22.8 Å². The van der Waals surface area contributed by atoms with Gasteiger partial charge in [-0.1, -0.05) is 12.1 Å². The van der Waals surface area contributed by atoms with Gasteiger partial charge in [-0.05, 0) is 31.5 Å². The van der Waals surface area contributed by atoms with Crippen LogP contribution in [0.3, 0.4) is 0 Å². The molecular formula is C14H18F3N3O2. The van der Waals surface area contributed by atoms with E-state index in [1.54, 1.807) is 13.8 Å². The van der Waals surface area contributed by atoms with Crippen LogP contribution in [-0.2, 0) is 11.0 Å². The summed E-state index contributed by atoms with van der Waals surface area (Å²) >= 11 is 0. The van der Waals surface area contributed by atoms with Gasteiger partial charge in [-0.15, -0.1) is 0 Å². The standard InChI is InChI=1S/C14H18F3N3O2/c1-3-18-12(21)8-19-13(22)20-9(2)10-5-4-6-11(7-10)14(15,16)17/h4-7,9H,3,8H2,1-2H3,(H,18,21)(H2,19,20,22). The van der Waals surface area contributed by atoms with Gasteiger partial charge in [-0.2, -0.15) is 13.2 Å². The molecule has 3 amide bonds. The van der Waals surface area contributed by atoms with Crippen molar-refractivity contribution in [1.29, 1.82) is 0 Å². The smallest absolute Gasteiger partial charge is 0.355 e. The minimum Gasteiger partial charge on any atom is -0.355 e. The van der Waals surface area contributed by atoms with Crippen molar-refractivity contribution in [2.45, 2.75) is 26.1 Å². The van der Waals surface area contributed by atoms with Crippen molar-refractivity contribution < 1.29 is 22.8 Å². The van der Waals surface area contributed by atoms with Crippen molar-refractivity contribution in [3.05, 3.63) is 35.4 Å². The molecule has 0 aliphatic heterocycles. The quantitative estimate of drug-likeness (QED) is 0.779. The molecule has 22 heavy (non-hydrogen) atoms. The number of urea groups is 1. The van der Waals surface area contributed by atoms with E-state index in [4.69, 9.17) is 0 Å². The first-order chi connectivity index (χ1) is 10.2. The maximum atomic E-state index is 12.6. The molecule has 0 aromatic heterocycles. The molecule has 0 saturated heterocycles. The molecular weight excluding hydrogens is 299 g/mol. The summed E-state index contributed by atoms with van der Waals surface area (Å²) in [6.07, 6.45) is -4.43. The van der Waals surface area contributed by atoms with Crippen LogP contribution in [0.25, 0.3) is 0 Å². The third-order valence-corrected chi connectivity index (χ3v) is 2.85. The first kappa shape index (κ1) is 17.8. The van der Waals surface area contributed by atoms with Crippen LogP contribution in [0.4, 0.5) is 18.0 Å². The summed E-state index contributed by atoms with van der Waals surface area (Å²) in [5, 5.41) is 7.31. The van der Waals surface area contributed by atoms with E-state index in [-0.39, 0.29) is 12.5 Å². The number of hydrogen-bond acceptors (Lipinski definition) is 2. The van der Waals surface area contributed by atoms with Crippen molar-refractivity contribution in [3.8, 4) is 0 Å². The van der Waals surface area contributed by atoms with E-state index in [2.05, 4.69) is 16.0 Å². The first-order valence-corrected chi connectivity index (χ1v) is 6.72. The topological polar surface area (TPSA) is 70.2 Å². The molecule has 0 aliphatic rings. The normalized spacial score (nSPS) is 12.4. The highest BCUT2D eigenvalue weighted by atomic mass is 19.4. The van der Waals surface area contributed by atoms with Gasteiger partial charge < -0.3 is 16.0 Å². The summed E-state index contributed by atoms with van der Waals surface area (Å²) in [6, 6.07) is 3.46. The summed E-state index contributed by atoms with van der Waals surface area (Å²) in [6.45, 7) is 3.55. The number of nitrogens with one attached hydrogen (secondary N) is 3. The van der Waals surface area contributed by atoms with Gasteiger partial charge in [0.15, 0.2) is 0 Å². The van der Waals surface area contributed by atoms with Crippen LogP contribution < -0.4 is 16.0 Å². The molecule has 0 aliphatic carbocycles. The SMILES string of the molecule is CCNC(=O)CNC(=O)NC(C)c1cccc(C(F)(F)F)c1. The third-order valence-electron chi connectivity index (χ3n) is 2.85. The zero-order valence-electron chi connectivity index (χ0n) is 12.3. The van der Waals surface area contributed by atoms with E-state index in [1.807, 2.05) is 0 Å². The van der Waals surface area contributed by atoms with Gasteiger partial charge in [0, 0.05) is 6.54 Å². The van der Waals surface area contributed by atoms with Crippen LogP contribution in [0.5, 0.6) is 0 Å². The summed E-state index contributed by atoms with van der Waals surface area (Å²) < 4.78 is 37.9. The fourth-order valence-electron chi connectivity index (χ4n) is 1.74. The average molecular weight is 317 g/mol. The molecule has 5 nitrogen and oxygen atoms in total. The van der Waals surface area contributed by atoms with Gasteiger partial charge >= 0.3 is 12.2 Å². The number of likely N-dealkylation sites (N-methyl/N-ethyl adjacent to an activating group) is 1. The van der Waals surface area contributed by atoms with Gasteiger partial charge in [-0.25, -0.2) is 4.79 Å². The fraction of sp³-hybridized carbons (Fsp3) is 0.429.